The average molecular weight is 466 g/mol. The van der Waals surface area contributed by atoms with Crippen LogP contribution in [0.15, 0.2) is 42.7 Å². The van der Waals surface area contributed by atoms with Gasteiger partial charge in [-0.05, 0) is 49.3 Å². The van der Waals surface area contributed by atoms with Gasteiger partial charge in [0.2, 0.25) is 5.91 Å². The summed E-state index contributed by atoms with van der Waals surface area (Å²) in [5, 5.41) is 14.3. The first-order valence-corrected chi connectivity index (χ1v) is 11.9. The van der Waals surface area contributed by atoms with E-state index in [1.165, 1.54) is 12.1 Å². The lowest BCUT2D eigenvalue weighted by Gasteiger charge is -2.35. The van der Waals surface area contributed by atoms with E-state index in [0.29, 0.717) is 44.0 Å². The van der Waals surface area contributed by atoms with Crippen molar-refractivity contribution in [3.8, 4) is 0 Å². The van der Waals surface area contributed by atoms with Gasteiger partial charge in [0.15, 0.2) is 0 Å². The van der Waals surface area contributed by atoms with E-state index >= 15 is 0 Å². The molecule has 0 unspecified atom stereocenters. The summed E-state index contributed by atoms with van der Waals surface area (Å²) in [5.41, 5.74) is 2.00. The molecule has 1 N–H and O–H groups in total. The summed E-state index contributed by atoms with van der Waals surface area (Å²) >= 11 is 0. The summed E-state index contributed by atoms with van der Waals surface area (Å²) < 4.78 is 0. The van der Waals surface area contributed by atoms with Crippen LogP contribution < -0.4 is 10.2 Å². The number of carbonyl (C=O) groups excluding carboxylic acids is 2. The number of hydrogen-bond donors (Lipinski definition) is 1. The van der Waals surface area contributed by atoms with Crippen molar-refractivity contribution in [3.05, 3.63) is 64.0 Å². The van der Waals surface area contributed by atoms with Gasteiger partial charge in [-0.25, -0.2) is 0 Å². The average Bonchev–Trinajstić information content (AvgIpc) is 2.87. The Morgan fingerprint density at radius 3 is 2.50 bits per heavy atom. The van der Waals surface area contributed by atoms with Crippen LogP contribution in [0, 0.1) is 22.0 Å². The number of pyridine rings is 1. The molecule has 0 aliphatic carbocycles. The molecule has 0 bridgehead atoms. The molecular weight excluding hydrogens is 434 g/mol. The maximum absolute atomic E-state index is 13.5. The lowest BCUT2D eigenvalue weighted by Crippen LogP contribution is -2.43. The Hall–Kier alpha value is -3.49. The number of likely N-dealkylation sites (tertiary alicyclic amines) is 1. The summed E-state index contributed by atoms with van der Waals surface area (Å²) in [6.45, 7) is 5.20. The van der Waals surface area contributed by atoms with Gasteiger partial charge in [0.05, 0.1) is 16.2 Å². The van der Waals surface area contributed by atoms with E-state index in [1.807, 2.05) is 12.1 Å². The zero-order valence-corrected chi connectivity index (χ0v) is 19.5. The van der Waals surface area contributed by atoms with Crippen molar-refractivity contribution in [1.82, 2.24) is 15.2 Å². The van der Waals surface area contributed by atoms with Gasteiger partial charge in [0.1, 0.15) is 0 Å². The van der Waals surface area contributed by atoms with Gasteiger partial charge in [-0.15, -0.1) is 0 Å². The van der Waals surface area contributed by atoms with E-state index < -0.39 is 4.92 Å². The Balaban J connectivity index is 1.41. The predicted octanol–water partition coefficient (Wildman–Crippen LogP) is 3.39. The number of non-ortho nitro benzene ring substituents is 1. The number of anilines is 1. The van der Waals surface area contributed by atoms with Crippen molar-refractivity contribution in [2.75, 3.05) is 31.1 Å². The first kappa shape index (κ1) is 23.7. The third kappa shape index (κ3) is 5.52. The standard InChI is InChI=1S/C25H31N5O4/c1-18-6-11-28(12-7-18)23-5-4-21(30(33)34)15-22(23)25(32)29-13-8-20(9-14-29)24(31)27-17-19-3-2-10-26-16-19/h2-5,10,15-16,18,20H,6-9,11-14,17H2,1H3,(H,27,31). The van der Waals surface area contributed by atoms with Crippen LogP contribution in [0.5, 0.6) is 0 Å². The second kappa shape index (κ2) is 10.6. The number of benzene rings is 1. The first-order valence-electron chi connectivity index (χ1n) is 11.9. The highest BCUT2D eigenvalue weighted by Crippen LogP contribution is 2.31. The number of aromatic nitrogens is 1. The zero-order valence-electron chi connectivity index (χ0n) is 19.5. The number of nitrogens with one attached hydrogen (secondary N) is 1. The summed E-state index contributed by atoms with van der Waals surface area (Å²) in [4.78, 5) is 44.9. The fourth-order valence-electron chi connectivity index (χ4n) is 4.69. The zero-order chi connectivity index (χ0) is 24.1. The van der Waals surface area contributed by atoms with Crippen molar-refractivity contribution in [1.29, 1.82) is 0 Å². The molecule has 3 heterocycles. The van der Waals surface area contributed by atoms with Crippen LogP contribution >= 0.6 is 0 Å². The van der Waals surface area contributed by atoms with Crippen molar-refractivity contribution >= 4 is 23.2 Å². The molecule has 180 valence electrons. The fraction of sp³-hybridized carbons (Fsp3) is 0.480. The van der Waals surface area contributed by atoms with E-state index in [9.17, 15) is 19.7 Å². The summed E-state index contributed by atoms with van der Waals surface area (Å²) in [6, 6.07) is 8.33. The van der Waals surface area contributed by atoms with Gasteiger partial charge in [0, 0.05) is 63.2 Å². The van der Waals surface area contributed by atoms with E-state index in [0.717, 1.165) is 37.2 Å². The van der Waals surface area contributed by atoms with E-state index in [2.05, 4.69) is 22.1 Å². The highest BCUT2D eigenvalue weighted by molar-refractivity contribution is 6.00. The summed E-state index contributed by atoms with van der Waals surface area (Å²) in [7, 11) is 0. The number of carbonyl (C=O) groups is 2. The number of nitro groups is 1. The van der Waals surface area contributed by atoms with E-state index in [4.69, 9.17) is 0 Å². The maximum atomic E-state index is 13.5. The summed E-state index contributed by atoms with van der Waals surface area (Å²) in [6.07, 6.45) is 6.61. The highest BCUT2D eigenvalue weighted by Gasteiger charge is 2.31. The second-order valence-corrected chi connectivity index (χ2v) is 9.27. The Kier molecular flexibility index (Phi) is 7.40. The fourth-order valence-corrected chi connectivity index (χ4v) is 4.69. The predicted molar refractivity (Wildman–Crippen MR) is 128 cm³/mol. The Labute approximate surface area is 199 Å². The third-order valence-corrected chi connectivity index (χ3v) is 6.89. The van der Waals surface area contributed by atoms with Gasteiger partial charge in [-0.2, -0.15) is 0 Å². The number of hydrogen-bond acceptors (Lipinski definition) is 6. The molecule has 0 radical (unpaired) electrons. The molecule has 1 aromatic carbocycles. The second-order valence-electron chi connectivity index (χ2n) is 9.27. The molecule has 9 nitrogen and oxygen atoms in total. The quantitative estimate of drug-likeness (QED) is 0.517. The molecule has 2 aliphatic rings. The van der Waals surface area contributed by atoms with Crippen LogP contribution in [0.1, 0.15) is 48.5 Å². The Morgan fingerprint density at radius 1 is 1.12 bits per heavy atom. The van der Waals surface area contributed by atoms with Crippen LogP contribution in [-0.2, 0) is 11.3 Å². The number of nitro benzene ring substituents is 1. The molecule has 0 saturated carbocycles. The molecule has 34 heavy (non-hydrogen) atoms. The lowest BCUT2D eigenvalue weighted by atomic mass is 9.94. The molecule has 9 heteroatoms. The van der Waals surface area contributed by atoms with Gasteiger partial charge in [-0.3, -0.25) is 24.7 Å². The van der Waals surface area contributed by atoms with E-state index in [-0.39, 0.29) is 23.4 Å². The highest BCUT2D eigenvalue weighted by atomic mass is 16.6. The molecule has 2 fully saturated rings. The molecule has 1 aromatic heterocycles. The largest absolute Gasteiger partial charge is 0.371 e. The van der Waals surface area contributed by atoms with Crippen molar-refractivity contribution in [2.45, 2.75) is 39.2 Å². The van der Waals surface area contributed by atoms with Crippen LogP contribution in [0.2, 0.25) is 0 Å². The van der Waals surface area contributed by atoms with Crippen molar-refractivity contribution in [3.63, 3.8) is 0 Å². The smallest absolute Gasteiger partial charge is 0.270 e. The first-order chi connectivity index (χ1) is 16.4. The molecule has 2 saturated heterocycles. The minimum atomic E-state index is -0.461. The molecule has 2 aliphatic heterocycles. The molecule has 0 spiro atoms. The van der Waals surface area contributed by atoms with Gasteiger partial charge >= 0.3 is 0 Å². The normalized spacial score (nSPS) is 17.4. The monoisotopic (exact) mass is 465 g/mol. The minimum absolute atomic E-state index is 0.0190. The third-order valence-electron chi connectivity index (χ3n) is 6.89. The number of amides is 2. The molecule has 4 rings (SSSR count). The van der Waals surface area contributed by atoms with Crippen LogP contribution in [-0.4, -0.2) is 52.8 Å². The summed E-state index contributed by atoms with van der Waals surface area (Å²) in [5.74, 6) is 0.256. The number of rotatable bonds is 6. The molecule has 0 atom stereocenters. The number of nitrogens with zero attached hydrogens (tertiary/aromatic N) is 4. The Morgan fingerprint density at radius 2 is 1.85 bits per heavy atom. The van der Waals surface area contributed by atoms with Gasteiger partial charge in [0.25, 0.3) is 11.6 Å². The van der Waals surface area contributed by atoms with Gasteiger partial charge < -0.3 is 15.1 Å². The van der Waals surface area contributed by atoms with Crippen molar-refractivity contribution in [2.24, 2.45) is 11.8 Å². The maximum Gasteiger partial charge on any atom is 0.270 e. The minimum Gasteiger partial charge on any atom is -0.371 e. The van der Waals surface area contributed by atoms with Crippen LogP contribution in [0.25, 0.3) is 0 Å². The topological polar surface area (TPSA) is 109 Å². The molecule has 2 aromatic rings. The Bertz CT molecular complexity index is 1030. The molecular formula is C25H31N5O4. The van der Waals surface area contributed by atoms with Crippen molar-refractivity contribution < 1.29 is 14.5 Å². The molecule has 2 amide bonds. The van der Waals surface area contributed by atoms with Crippen LogP contribution in [0.4, 0.5) is 11.4 Å². The lowest BCUT2D eigenvalue weighted by molar-refractivity contribution is -0.384. The van der Waals surface area contributed by atoms with Gasteiger partial charge in [-0.1, -0.05) is 13.0 Å². The van der Waals surface area contributed by atoms with Crippen LogP contribution in [0.3, 0.4) is 0 Å². The SMILES string of the molecule is CC1CCN(c2ccc([N+](=O)[O-])cc2C(=O)N2CCC(C(=O)NCc3cccnc3)CC2)CC1. The number of piperidine rings is 2. The van der Waals surface area contributed by atoms with E-state index in [1.54, 1.807) is 23.4 Å².